The van der Waals surface area contributed by atoms with Gasteiger partial charge in [-0.25, -0.2) is 0 Å². The quantitative estimate of drug-likeness (QED) is 0.829. The molecule has 1 fully saturated rings. The van der Waals surface area contributed by atoms with Crippen LogP contribution in [0.2, 0.25) is 0 Å². The fourth-order valence-corrected chi connectivity index (χ4v) is 3.63. The summed E-state index contributed by atoms with van der Waals surface area (Å²) in [5.74, 6) is 0.0420. The SMILES string of the molecule is COc1cc(C2(C(=O)Nc3ccn(CC(=O)O)n3)CCCC2)ccc1C. The molecule has 1 saturated carbocycles. The van der Waals surface area contributed by atoms with Gasteiger partial charge in [-0.2, -0.15) is 5.10 Å². The number of carbonyl (C=O) groups is 2. The molecule has 7 nitrogen and oxygen atoms in total. The molecule has 0 atom stereocenters. The molecule has 2 aromatic rings. The molecule has 0 saturated heterocycles. The van der Waals surface area contributed by atoms with E-state index in [2.05, 4.69) is 10.4 Å². The van der Waals surface area contributed by atoms with Gasteiger partial charge in [0.05, 0.1) is 12.5 Å². The number of hydrogen-bond acceptors (Lipinski definition) is 4. The number of carbonyl (C=O) groups excluding carboxylic acids is 1. The zero-order chi connectivity index (χ0) is 18.7. The van der Waals surface area contributed by atoms with E-state index < -0.39 is 11.4 Å². The molecule has 26 heavy (non-hydrogen) atoms. The predicted molar refractivity (Wildman–Crippen MR) is 96.4 cm³/mol. The number of benzene rings is 1. The first kappa shape index (κ1) is 18.0. The number of rotatable bonds is 6. The van der Waals surface area contributed by atoms with Gasteiger partial charge in [0.1, 0.15) is 12.3 Å². The van der Waals surface area contributed by atoms with Crippen molar-refractivity contribution in [1.29, 1.82) is 0 Å². The summed E-state index contributed by atoms with van der Waals surface area (Å²) in [6.07, 6.45) is 5.04. The highest BCUT2D eigenvalue weighted by Gasteiger charge is 2.43. The molecule has 1 heterocycles. The Bertz CT molecular complexity index is 822. The molecule has 3 rings (SSSR count). The molecule has 1 aliphatic carbocycles. The number of nitrogens with zero attached hydrogens (tertiary/aromatic N) is 2. The normalized spacial score (nSPS) is 15.6. The number of ether oxygens (including phenoxy) is 1. The number of anilines is 1. The summed E-state index contributed by atoms with van der Waals surface area (Å²) >= 11 is 0. The van der Waals surface area contributed by atoms with E-state index in [1.165, 1.54) is 4.68 Å². The first-order valence-corrected chi connectivity index (χ1v) is 8.66. The zero-order valence-electron chi connectivity index (χ0n) is 15.0. The van der Waals surface area contributed by atoms with Crippen LogP contribution in [0.1, 0.15) is 36.8 Å². The monoisotopic (exact) mass is 357 g/mol. The highest BCUT2D eigenvalue weighted by Crippen LogP contribution is 2.43. The van der Waals surface area contributed by atoms with Crippen LogP contribution in [0.3, 0.4) is 0 Å². The summed E-state index contributed by atoms with van der Waals surface area (Å²) in [6, 6.07) is 7.53. The van der Waals surface area contributed by atoms with Gasteiger partial charge in [0.2, 0.25) is 5.91 Å². The number of amides is 1. The van der Waals surface area contributed by atoms with E-state index in [1.54, 1.807) is 19.4 Å². The minimum absolute atomic E-state index is 0.110. The summed E-state index contributed by atoms with van der Waals surface area (Å²) in [5.41, 5.74) is 1.36. The van der Waals surface area contributed by atoms with Crippen molar-refractivity contribution in [2.75, 3.05) is 12.4 Å². The van der Waals surface area contributed by atoms with Gasteiger partial charge >= 0.3 is 5.97 Å². The lowest BCUT2D eigenvalue weighted by Crippen LogP contribution is -2.38. The van der Waals surface area contributed by atoms with Gasteiger partial charge in [-0.3, -0.25) is 14.3 Å². The lowest BCUT2D eigenvalue weighted by molar-refractivity contribution is -0.137. The molecule has 1 aromatic carbocycles. The summed E-state index contributed by atoms with van der Waals surface area (Å²) in [4.78, 5) is 23.9. The topological polar surface area (TPSA) is 93.5 Å². The van der Waals surface area contributed by atoms with Crippen molar-refractivity contribution in [3.8, 4) is 5.75 Å². The van der Waals surface area contributed by atoms with Crippen molar-refractivity contribution in [3.63, 3.8) is 0 Å². The Labute approximate surface area is 152 Å². The van der Waals surface area contributed by atoms with Gasteiger partial charge in [0.15, 0.2) is 5.82 Å². The van der Waals surface area contributed by atoms with Crippen LogP contribution >= 0.6 is 0 Å². The minimum atomic E-state index is -0.981. The van der Waals surface area contributed by atoms with Crippen molar-refractivity contribution < 1.29 is 19.4 Å². The molecule has 7 heteroatoms. The Balaban J connectivity index is 1.86. The Morgan fingerprint density at radius 3 is 2.69 bits per heavy atom. The second kappa shape index (κ2) is 7.19. The van der Waals surface area contributed by atoms with Gasteiger partial charge < -0.3 is 15.2 Å². The standard InChI is InChI=1S/C19H23N3O4/c1-13-5-6-14(11-15(13)26-2)19(8-3-4-9-19)18(25)20-16-7-10-22(21-16)12-17(23)24/h5-7,10-11H,3-4,8-9,12H2,1-2H3,(H,23,24)(H,20,21,25). The van der Waals surface area contributed by atoms with E-state index in [-0.39, 0.29) is 12.5 Å². The smallest absolute Gasteiger partial charge is 0.325 e. The van der Waals surface area contributed by atoms with Crippen molar-refractivity contribution >= 4 is 17.7 Å². The Morgan fingerprint density at radius 2 is 2.04 bits per heavy atom. The molecule has 1 aromatic heterocycles. The fraction of sp³-hybridized carbons (Fsp3) is 0.421. The predicted octanol–water partition coefficient (Wildman–Crippen LogP) is 2.74. The average molecular weight is 357 g/mol. The molecular formula is C19H23N3O4. The van der Waals surface area contributed by atoms with Gasteiger partial charge in [0, 0.05) is 12.3 Å². The van der Waals surface area contributed by atoms with E-state index in [1.807, 2.05) is 25.1 Å². The number of nitrogens with one attached hydrogen (secondary N) is 1. The lowest BCUT2D eigenvalue weighted by atomic mass is 9.77. The first-order valence-electron chi connectivity index (χ1n) is 8.66. The molecule has 0 spiro atoms. The molecule has 2 N–H and O–H groups in total. The maximum atomic E-state index is 13.1. The third kappa shape index (κ3) is 3.42. The van der Waals surface area contributed by atoms with Crippen LogP contribution < -0.4 is 10.1 Å². The Kier molecular flexibility index (Phi) is 4.97. The molecule has 1 amide bonds. The van der Waals surface area contributed by atoms with E-state index in [4.69, 9.17) is 9.84 Å². The molecule has 0 unspecified atom stereocenters. The van der Waals surface area contributed by atoms with Gasteiger partial charge in [-0.05, 0) is 37.0 Å². The Hall–Kier alpha value is -2.83. The van der Waals surface area contributed by atoms with Gasteiger partial charge in [-0.1, -0.05) is 25.0 Å². The lowest BCUT2D eigenvalue weighted by Gasteiger charge is -2.28. The largest absolute Gasteiger partial charge is 0.496 e. The fourth-order valence-electron chi connectivity index (χ4n) is 3.63. The number of carboxylic acids is 1. The molecule has 1 aliphatic rings. The van der Waals surface area contributed by atoms with Crippen molar-refractivity contribution in [2.45, 2.75) is 44.6 Å². The van der Waals surface area contributed by atoms with E-state index in [0.717, 1.165) is 42.6 Å². The highest BCUT2D eigenvalue weighted by atomic mass is 16.5. The second-order valence-corrected chi connectivity index (χ2v) is 6.72. The van der Waals surface area contributed by atoms with Crippen LogP contribution in [-0.2, 0) is 21.5 Å². The van der Waals surface area contributed by atoms with Crippen LogP contribution in [-0.4, -0.2) is 33.9 Å². The summed E-state index contributed by atoms with van der Waals surface area (Å²) in [6.45, 7) is 1.73. The zero-order valence-corrected chi connectivity index (χ0v) is 15.0. The maximum Gasteiger partial charge on any atom is 0.325 e. The summed E-state index contributed by atoms with van der Waals surface area (Å²) in [7, 11) is 1.63. The number of carboxylic acid groups (broad SMARTS) is 1. The van der Waals surface area contributed by atoms with Crippen LogP contribution in [0, 0.1) is 6.92 Å². The molecular weight excluding hydrogens is 334 g/mol. The second-order valence-electron chi connectivity index (χ2n) is 6.72. The third-order valence-electron chi connectivity index (χ3n) is 5.03. The third-order valence-corrected chi connectivity index (χ3v) is 5.03. The Morgan fingerprint density at radius 1 is 1.31 bits per heavy atom. The van der Waals surface area contributed by atoms with Crippen LogP contribution in [0.5, 0.6) is 5.75 Å². The van der Waals surface area contributed by atoms with Crippen molar-refractivity contribution in [3.05, 3.63) is 41.6 Å². The number of hydrogen-bond donors (Lipinski definition) is 2. The van der Waals surface area contributed by atoms with Crippen molar-refractivity contribution in [1.82, 2.24) is 9.78 Å². The minimum Gasteiger partial charge on any atom is -0.496 e. The van der Waals surface area contributed by atoms with Crippen molar-refractivity contribution in [2.24, 2.45) is 0 Å². The van der Waals surface area contributed by atoms with E-state index in [9.17, 15) is 9.59 Å². The number of aryl methyl sites for hydroxylation is 1. The number of aromatic nitrogens is 2. The van der Waals surface area contributed by atoms with Gasteiger partial charge in [-0.15, -0.1) is 0 Å². The molecule has 0 radical (unpaired) electrons. The van der Waals surface area contributed by atoms with Crippen LogP contribution in [0.4, 0.5) is 5.82 Å². The van der Waals surface area contributed by atoms with Crippen LogP contribution in [0.15, 0.2) is 30.5 Å². The average Bonchev–Trinajstić information content (AvgIpc) is 3.25. The maximum absolute atomic E-state index is 13.1. The number of methoxy groups -OCH3 is 1. The first-order chi connectivity index (χ1) is 12.4. The van der Waals surface area contributed by atoms with E-state index >= 15 is 0 Å². The summed E-state index contributed by atoms with van der Waals surface area (Å²) < 4.78 is 6.71. The molecule has 0 aliphatic heterocycles. The number of aliphatic carboxylic acids is 1. The van der Waals surface area contributed by atoms with Gasteiger partial charge in [0.25, 0.3) is 0 Å². The van der Waals surface area contributed by atoms with E-state index in [0.29, 0.717) is 5.82 Å². The summed E-state index contributed by atoms with van der Waals surface area (Å²) in [5, 5.41) is 15.8. The van der Waals surface area contributed by atoms with Crippen LogP contribution in [0.25, 0.3) is 0 Å². The highest BCUT2D eigenvalue weighted by molar-refractivity contribution is 5.98. The molecule has 0 bridgehead atoms. The molecule has 138 valence electrons.